The van der Waals surface area contributed by atoms with Crippen LogP contribution in [-0.4, -0.2) is 17.0 Å². The first-order chi connectivity index (χ1) is 9.38. The Labute approximate surface area is 120 Å². The summed E-state index contributed by atoms with van der Waals surface area (Å²) in [5.74, 6) is -2.91. The van der Waals surface area contributed by atoms with Crippen molar-refractivity contribution in [2.24, 2.45) is 17.8 Å². The third-order valence-electron chi connectivity index (χ3n) is 3.64. The van der Waals surface area contributed by atoms with Gasteiger partial charge < -0.3 is 10.4 Å². The van der Waals surface area contributed by atoms with Crippen LogP contribution in [0.4, 0.5) is 10.1 Å². The SMILES string of the molecule is CC1CC(C(=O)O)C(C(=O)Nc2ccc(F)c(Cl)c2)C1. The van der Waals surface area contributed by atoms with E-state index in [1.54, 1.807) is 0 Å². The number of rotatable bonds is 3. The van der Waals surface area contributed by atoms with Crippen molar-refractivity contribution < 1.29 is 19.1 Å². The number of aliphatic carboxylic acids is 1. The second-order valence-electron chi connectivity index (χ2n) is 5.25. The highest BCUT2D eigenvalue weighted by molar-refractivity contribution is 6.31. The van der Waals surface area contributed by atoms with Gasteiger partial charge in [0.2, 0.25) is 5.91 Å². The van der Waals surface area contributed by atoms with Crippen molar-refractivity contribution >= 4 is 29.2 Å². The van der Waals surface area contributed by atoms with Crippen LogP contribution in [-0.2, 0) is 9.59 Å². The lowest BCUT2D eigenvalue weighted by Crippen LogP contribution is -2.30. The fourth-order valence-corrected chi connectivity index (χ4v) is 2.84. The largest absolute Gasteiger partial charge is 0.481 e. The maximum atomic E-state index is 13.0. The lowest BCUT2D eigenvalue weighted by molar-refractivity contribution is -0.145. The Kier molecular flexibility index (Phi) is 4.28. The molecule has 1 aliphatic carbocycles. The van der Waals surface area contributed by atoms with Gasteiger partial charge in [-0.3, -0.25) is 9.59 Å². The summed E-state index contributed by atoms with van der Waals surface area (Å²) in [5, 5.41) is 11.7. The molecular formula is C14H15ClFNO3. The number of halogens is 2. The van der Waals surface area contributed by atoms with E-state index in [4.69, 9.17) is 16.7 Å². The van der Waals surface area contributed by atoms with Gasteiger partial charge in [-0.05, 0) is 37.0 Å². The van der Waals surface area contributed by atoms with Crippen LogP contribution in [0.25, 0.3) is 0 Å². The molecule has 3 unspecified atom stereocenters. The molecule has 6 heteroatoms. The zero-order valence-electron chi connectivity index (χ0n) is 10.9. The molecule has 1 amide bonds. The molecule has 1 fully saturated rings. The van der Waals surface area contributed by atoms with E-state index < -0.39 is 23.6 Å². The third-order valence-corrected chi connectivity index (χ3v) is 3.93. The highest BCUT2D eigenvalue weighted by atomic mass is 35.5. The third kappa shape index (κ3) is 3.10. The maximum absolute atomic E-state index is 13.0. The molecule has 0 spiro atoms. The predicted octanol–water partition coefficient (Wildman–Crippen LogP) is 3.16. The van der Waals surface area contributed by atoms with E-state index in [0.29, 0.717) is 18.5 Å². The second kappa shape index (κ2) is 5.79. The molecule has 2 N–H and O–H groups in total. The fraction of sp³-hybridized carbons (Fsp3) is 0.429. The van der Waals surface area contributed by atoms with Crippen LogP contribution in [0.3, 0.4) is 0 Å². The molecule has 1 aliphatic rings. The first kappa shape index (κ1) is 14.8. The number of benzene rings is 1. The van der Waals surface area contributed by atoms with Gasteiger partial charge in [0.1, 0.15) is 5.82 Å². The summed E-state index contributed by atoms with van der Waals surface area (Å²) in [5.41, 5.74) is 0.366. The van der Waals surface area contributed by atoms with E-state index in [1.807, 2.05) is 6.92 Å². The minimum Gasteiger partial charge on any atom is -0.481 e. The molecule has 0 radical (unpaired) electrons. The molecule has 20 heavy (non-hydrogen) atoms. The Morgan fingerprint density at radius 1 is 1.35 bits per heavy atom. The van der Waals surface area contributed by atoms with E-state index in [0.717, 1.165) is 6.07 Å². The molecular weight excluding hydrogens is 285 g/mol. The molecule has 0 aliphatic heterocycles. The van der Waals surface area contributed by atoms with Gasteiger partial charge in [-0.2, -0.15) is 0 Å². The molecule has 0 heterocycles. The zero-order valence-corrected chi connectivity index (χ0v) is 11.7. The van der Waals surface area contributed by atoms with E-state index in [9.17, 15) is 14.0 Å². The van der Waals surface area contributed by atoms with Crippen molar-refractivity contribution in [3.63, 3.8) is 0 Å². The predicted molar refractivity (Wildman–Crippen MR) is 73.1 cm³/mol. The molecule has 108 valence electrons. The van der Waals surface area contributed by atoms with Crippen molar-refractivity contribution in [3.05, 3.63) is 29.0 Å². The topological polar surface area (TPSA) is 66.4 Å². The summed E-state index contributed by atoms with van der Waals surface area (Å²) in [6.07, 6.45) is 1.04. The molecule has 1 saturated carbocycles. The fourth-order valence-electron chi connectivity index (χ4n) is 2.66. The highest BCUT2D eigenvalue weighted by Crippen LogP contribution is 2.37. The van der Waals surface area contributed by atoms with Crippen LogP contribution < -0.4 is 5.32 Å². The summed E-state index contributed by atoms with van der Waals surface area (Å²) in [6, 6.07) is 3.86. The van der Waals surface area contributed by atoms with Crippen molar-refractivity contribution in [2.75, 3.05) is 5.32 Å². The average molecular weight is 300 g/mol. The zero-order chi connectivity index (χ0) is 14.9. The minimum atomic E-state index is -0.952. The first-order valence-electron chi connectivity index (χ1n) is 6.37. The molecule has 0 bridgehead atoms. The normalized spacial score (nSPS) is 25.4. The number of nitrogens with one attached hydrogen (secondary N) is 1. The Morgan fingerprint density at radius 2 is 2.00 bits per heavy atom. The van der Waals surface area contributed by atoms with Crippen molar-refractivity contribution in [1.82, 2.24) is 0 Å². The highest BCUT2D eigenvalue weighted by Gasteiger charge is 2.41. The van der Waals surface area contributed by atoms with Crippen LogP contribution >= 0.6 is 11.6 Å². The van der Waals surface area contributed by atoms with Gasteiger partial charge in [0.05, 0.1) is 16.9 Å². The van der Waals surface area contributed by atoms with Gasteiger partial charge in [0.25, 0.3) is 0 Å². The summed E-state index contributed by atoms with van der Waals surface area (Å²) in [4.78, 5) is 23.3. The molecule has 0 aromatic heterocycles. The first-order valence-corrected chi connectivity index (χ1v) is 6.75. The smallest absolute Gasteiger partial charge is 0.307 e. The van der Waals surface area contributed by atoms with Gasteiger partial charge >= 0.3 is 5.97 Å². The Bertz CT molecular complexity index is 549. The number of hydrogen-bond donors (Lipinski definition) is 2. The Hall–Kier alpha value is -1.62. The van der Waals surface area contributed by atoms with Crippen LogP contribution in [0, 0.1) is 23.6 Å². The molecule has 4 nitrogen and oxygen atoms in total. The van der Waals surface area contributed by atoms with E-state index in [2.05, 4.69) is 5.32 Å². The van der Waals surface area contributed by atoms with Crippen LogP contribution in [0.15, 0.2) is 18.2 Å². The van der Waals surface area contributed by atoms with Gasteiger partial charge in [0.15, 0.2) is 0 Å². The lowest BCUT2D eigenvalue weighted by atomic mass is 9.95. The Balaban J connectivity index is 2.11. The Morgan fingerprint density at radius 3 is 2.60 bits per heavy atom. The lowest BCUT2D eigenvalue weighted by Gasteiger charge is -2.15. The number of amides is 1. The van der Waals surface area contributed by atoms with E-state index in [1.165, 1.54) is 12.1 Å². The number of anilines is 1. The minimum absolute atomic E-state index is 0.0858. The van der Waals surface area contributed by atoms with Crippen molar-refractivity contribution in [1.29, 1.82) is 0 Å². The quantitative estimate of drug-likeness (QED) is 0.901. The molecule has 1 aromatic rings. The van der Waals surface area contributed by atoms with Gasteiger partial charge in [-0.25, -0.2) is 4.39 Å². The number of carboxylic acids is 1. The van der Waals surface area contributed by atoms with E-state index >= 15 is 0 Å². The summed E-state index contributed by atoms with van der Waals surface area (Å²) < 4.78 is 13.0. The number of carbonyl (C=O) groups is 2. The van der Waals surface area contributed by atoms with Crippen molar-refractivity contribution in [2.45, 2.75) is 19.8 Å². The summed E-state index contributed by atoms with van der Waals surface area (Å²) >= 11 is 5.64. The summed E-state index contributed by atoms with van der Waals surface area (Å²) in [6.45, 7) is 1.93. The monoisotopic (exact) mass is 299 g/mol. The second-order valence-corrected chi connectivity index (χ2v) is 5.65. The average Bonchev–Trinajstić information content (AvgIpc) is 2.76. The standard InChI is InChI=1S/C14H15ClFNO3/c1-7-4-9(10(5-7)14(19)20)13(18)17-8-2-3-12(16)11(15)6-8/h2-3,6-7,9-10H,4-5H2,1H3,(H,17,18)(H,19,20). The van der Waals surface area contributed by atoms with Crippen LogP contribution in [0.5, 0.6) is 0 Å². The molecule has 0 saturated heterocycles. The molecule has 1 aromatic carbocycles. The number of hydrogen-bond acceptors (Lipinski definition) is 2. The number of carbonyl (C=O) groups excluding carboxylic acids is 1. The summed E-state index contributed by atoms with van der Waals surface area (Å²) in [7, 11) is 0. The van der Waals surface area contributed by atoms with Crippen LogP contribution in [0.1, 0.15) is 19.8 Å². The molecule has 3 atom stereocenters. The van der Waals surface area contributed by atoms with Gasteiger partial charge in [-0.15, -0.1) is 0 Å². The van der Waals surface area contributed by atoms with E-state index in [-0.39, 0.29) is 16.8 Å². The number of carboxylic acid groups (broad SMARTS) is 1. The van der Waals surface area contributed by atoms with Crippen molar-refractivity contribution in [3.8, 4) is 0 Å². The van der Waals surface area contributed by atoms with Gasteiger partial charge in [-0.1, -0.05) is 18.5 Å². The maximum Gasteiger partial charge on any atom is 0.307 e. The van der Waals surface area contributed by atoms with Gasteiger partial charge in [0, 0.05) is 5.69 Å². The molecule has 2 rings (SSSR count). The van der Waals surface area contributed by atoms with Crippen LogP contribution in [0.2, 0.25) is 5.02 Å².